The molecule has 0 aliphatic heterocycles. The Labute approximate surface area is 157 Å². The average Bonchev–Trinajstić information content (AvgIpc) is 3.07. The molecule has 0 bridgehead atoms. The molecule has 0 spiro atoms. The first-order valence-electron chi connectivity index (χ1n) is 8.35. The molecule has 1 saturated carbocycles. The minimum atomic E-state index is -3.51. The molecule has 10 heteroatoms. The van der Waals surface area contributed by atoms with Crippen molar-refractivity contribution < 1.29 is 18.3 Å². The molecule has 142 valence electrons. The average molecular weight is 389 g/mol. The van der Waals surface area contributed by atoms with Crippen molar-refractivity contribution >= 4 is 21.7 Å². The van der Waals surface area contributed by atoms with Crippen molar-refractivity contribution in [2.24, 2.45) is 0 Å². The summed E-state index contributed by atoms with van der Waals surface area (Å²) >= 11 is 0. The lowest BCUT2D eigenvalue weighted by atomic mass is 10.2. The maximum Gasteiger partial charge on any atom is 0.240 e. The predicted molar refractivity (Wildman–Crippen MR) is 97.0 cm³/mol. The Morgan fingerprint density at radius 3 is 2.63 bits per heavy atom. The number of sulfonamides is 1. The van der Waals surface area contributed by atoms with Crippen molar-refractivity contribution in [1.29, 1.82) is 5.26 Å². The zero-order valence-electron chi connectivity index (χ0n) is 14.6. The first-order chi connectivity index (χ1) is 12.9. The lowest BCUT2D eigenvalue weighted by molar-refractivity contribution is 0.0572. The number of aliphatic hydroxyl groups is 1. The molecular weight excluding hydrogens is 370 g/mol. The molecule has 0 saturated heterocycles. The number of aliphatic hydroxyl groups excluding tert-OH is 1. The fourth-order valence-corrected chi connectivity index (χ4v) is 3.47. The van der Waals surface area contributed by atoms with Crippen molar-refractivity contribution in [2.45, 2.75) is 36.4 Å². The molecule has 2 atom stereocenters. The molecule has 1 unspecified atom stereocenters. The standard InChI is InChI=1S/C17H19N5O4S/c1-19-27(24,25)13-7-5-12(6-8-13)21-17-20-10-11(9-18)16(22-17)26-15-4-2-3-14(15)23/h5-8,10,14-15,19,23H,2-4H2,1H3,(H,20,21,22)/t14-,15?/m1/s1. The monoisotopic (exact) mass is 389 g/mol. The molecule has 3 rings (SSSR count). The van der Waals surface area contributed by atoms with Gasteiger partial charge in [0.2, 0.25) is 21.9 Å². The molecule has 1 aliphatic carbocycles. The van der Waals surface area contributed by atoms with Crippen molar-refractivity contribution in [2.75, 3.05) is 12.4 Å². The number of aromatic nitrogens is 2. The van der Waals surface area contributed by atoms with Crippen LogP contribution in [0.5, 0.6) is 5.88 Å². The summed E-state index contributed by atoms with van der Waals surface area (Å²) in [6.07, 6.45) is 2.57. The molecule has 1 fully saturated rings. The SMILES string of the molecule is CNS(=O)(=O)c1ccc(Nc2ncc(C#N)c(OC3CCC[C@H]3O)n2)cc1. The zero-order valence-corrected chi connectivity index (χ0v) is 15.4. The molecule has 0 radical (unpaired) electrons. The Morgan fingerprint density at radius 2 is 2.04 bits per heavy atom. The van der Waals surface area contributed by atoms with Gasteiger partial charge in [0.25, 0.3) is 0 Å². The number of nitrogens with zero attached hydrogens (tertiary/aromatic N) is 3. The van der Waals surface area contributed by atoms with E-state index in [-0.39, 0.29) is 22.3 Å². The van der Waals surface area contributed by atoms with Crippen LogP contribution in [-0.4, -0.2) is 42.7 Å². The van der Waals surface area contributed by atoms with E-state index in [0.717, 1.165) is 6.42 Å². The number of nitrogens with one attached hydrogen (secondary N) is 2. The van der Waals surface area contributed by atoms with Gasteiger partial charge < -0.3 is 15.2 Å². The molecule has 1 aromatic heterocycles. The Balaban J connectivity index is 1.79. The Kier molecular flexibility index (Phi) is 5.55. The van der Waals surface area contributed by atoms with Crippen LogP contribution in [0.25, 0.3) is 0 Å². The van der Waals surface area contributed by atoms with Crippen LogP contribution in [0.3, 0.4) is 0 Å². The maximum atomic E-state index is 11.8. The summed E-state index contributed by atoms with van der Waals surface area (Å²) in [6.45, 7) is 0. The highest BCUT2D eigenvalue weighted by atomic mass is 32.2. The second kappa shape index (κ2) is 7.87. The highest BCUT2D eigenvalue weighted by Crippen LogP contribution is 2.26. The minimum absolute atomic E-state index is 0.107. The molecule has 27 heavy (non-hydrogen) atoms. The number of ether oxygens (including phenoxy) is 1. The van der Waals surface area contributed by atoms with Crippen LogP contribution < -0.4 is 14.8 Å². The van der Waals surface area contributed by atoms with Crippen LogP contribution in [-0.2, 0) is 10.0 Å². The number of hydrogen-bond donors (Lipinski definition) is 3. The molecule has 3 N–H and O–H groups in total. The lowest BCUT2D eigenvalue weighted by Gasteiger charge is -2.17. The van der Waals surface area contributed by atoms with Crippen molar-refractivity contribution in [3.05, 3.63) is 36.0 Å². The summed E-state index contributed by atoms with van der Waals surface area (Å²) in [5.41, 5.74) is 0.747. The quantitative estimate of drug-likeness (QED) is 0.672. The number of benzene rings is 1. The van der Waals surface area contributed by atoms with Crippen LogP contribution >= 0.6 is 0 Å². The van der Waals surface area contributed by atoms with Gasteiger partial charge in [0.05, 0.1) is 17.2 Å². The van der Waals surface area contributed by atoms with E-state index in [2.05, 4.69) is 20.0 Å². The van der Waals surface area contributed by atoms with Gasteiger partial charge in [-0.2, -0.15) is 10.2 Å². The van der Waals surface area contributed by atoms with E-state index in [9.17, 15) is 18.8 Å². The molecule has 1 aromatic carbocycles. The van der Waals surface area contributed by atoms with Gasteiger partial charge in [-0.25, -0.2) is 18.1 Å². The highest BCUT2D eigenvalue weighted by Gasteiger charge is 2.28. The molecule has 1 aliphatic rings. The van der Waals surface area contributed by atoms with Gasteiger partial charge in [-0.3, -0.25) is 0 Å². The first kappa shape index (κ1) is 19.0. The van der Waals surface area contributed by atoms with E-state index in [1.54, 1.807) is 12.1 Å². The van der Waals surface area contributed by atoms with Gasteiger partial charge in [0, 0.05) is 5.69 Å². The normalized spacial score (nSPS) is 19.4. The van der Waals surface area contributed by atoms with Crippen LogP contribution in [0.4, 0.5) is 11.6 Å². The second-order valence-electron chi connectivity index (χ2n) is 6.04. The van der Waals surface area contributed by atoms with E-state index < -0.39 is 22.2 Å². The van der Waals surface area contributed by atoms with Gasteiger partial charge in [0.1, 0.15) is 17.7 Å². The molecule has 1 heterocycles. The van der Waals surface area contributed by atoms with Crippen molar-refractivity contribution in [3.8, 4) is 11.9 Å². The second-order valence-corrected chi connectivity index (χ2v) is 7.92. The van der Waals surface area contributed by atoms with Crippen LogP contribution in [0.2, 0.25) is 0 Å². The third-order valence-electron chi connectivity index (χ3n) is 4.24. The van der Waals surface area contributed by atoms with Crippen LogP contribution in [0.1, 0.15) is 24.8 Å². The Bertz CT molecular complexity index is 956. The third kappa shape index (κ3) is 4.33. The third-order valence-corrected chi connectivity index (χ3v) is 5.67. The summed E-state index contributed by atoms with van der Waals surface area (Å²) in [4.78, 5) is 8.42. The van der Waals surface area contributed by atoms with E-state index in [0.29, 0.717) is 18.5 Å². The first-order valence-corrected chi connectivity index (χ1v) is 9.84. The van der Waals surface area contributed by atoms with Gasteiger partial charge >= 0.3 is 0 Å². The highest BCUT2D eigenvalue weighted by molar-refractivity contribution is 7.89. The molecule has 9 nitrogen and oxygen atoms in total. The minimum Gasteiger partial charge on any atom is -0.471 e. The fraction of sp³-hybridized carbons (Fsp3) is 0.353. The number of nitriles is 1. The van der Waals surface area contributed by atoms with Crippen LogP contribution in [0.15, 0.2) is 35.4 Å². The summed E-state index contributed by atoms with van der Waals surface area (Å²) in [5, 5.41) is 22.1. The van der Waals surface area contributed by atoms with E-state index in [4.69, 9.17) is 4.74 Å². The van der Waals surface area contributed by atoms with E-state index in [1.165, 1.54) is 25.4 Å². The largest absolute Gasteiger partial charge is 0.471 e. The van der Waals surface area contributed by atoms with Crippen LogP contribution in [0, 0.1) is 11.3 Å². The van der Waals surface area contributed by atoms with Gasteiger partial charge in [-0.1, -0.05) is 0 Å². The number of hydrogen-bond acceptors (Lipinski definition) is 8. The topological polar surface area (TPSA) is 137 Å². The predicted octanol–water partition coefficient (Wildman–Crippen LogP) is 1.29. The molecule has 0 amide bonds. The summed E-state index contributed by atoms with van der Waals surface area (Å²) in [6, 6.07) is 8.02. The van der Waals surface area contributed by atoms with Gasteiger partial charge in [-0.15, -0.1) is 0 Å². The van der Waals surface area contributed by atoms with Gasteiger partial charge in [-0.05, 0) is 50.6 Å². The van der Waals surface area contributed by atoms with Crippen molar-refractivity contribution in [1.82, 2.24) is 14.7 Å². The fourth-order valence-electron chi connectivity index (χ4n) is 2.74. The molecule has 2 aromatic rings. The lowest BCUT2D eigenvalue weighted by Crippen LogP contribution is -2.26. The summed E-state index contributed by atoms with van der Waals surface area (Å²) < 4.78 is 31.5. The zero-order chi connectivity index (χ0) is 19.4. The summed E-state index contributed by atoms with van der Waals surface area (Å²) in [7, 11) is -2.17. The van der Waals surface area contributed by atoms with E-state index >= 15 is 0 Å². The number of rotatable bonds is 6. The number of anilines is 2. The molecular formula is C17H19N5O4S. The Hall–Kier alpha value is -2.74. The summed E-state index contributed by atoms with van der Waals surface area (Å²) in [5.74, 6) is 0.302. The van der Waals surface area contributed by atoms with E-state index in [1.807, 2.05) is 6.07 Å². The maximum absolute atomic E-state index is 11.8. The van der Waals surface area contributed by atoms with Crippen molar-refractivity contribution in [3.63, 3.8) is 0 Å². The Morgan fingerprint density at radius 1 is 1.30 bits per heavy atom. The van der Waals surface area contributed by atoms with Gasteiger partial charge in [0.15, 0.2) is 0 Å². The smallest absolute Gasteiger partial charge is 0.240 e.